The molecule has 0 aliphatic carbocycles. The van der Waals surface area contributed by atoms with Crippen LogP contribution in [0.4, 0.5) is 26.3 Å². The van der Waals surface area contributed by atoms with Crippen LogP contribution < -0.4 is 0 Å². The number of ether oxygens (including phenoxy) is 2. The first-order valence-corrected chi connectivity index (χ1v) is 17.5. The minimum atomic E-state index is -4.36. The van der Waals surface area contributed by atoms with Crippen molar-refractivity contribution in [1.29, 1.82) is 0 Å². The third kappa shape index (κ3) is 12.0. The molecule has 2 unspecified atom stereocenters. The Balaban J connectivity index is 0.000000208. The number of hydrogen-bond acceptors (Lipinski definition) is 4. The highest BCUT2D eigenvalue weighted by Gasteiger charge is 2.31. The van der Waals surface area contributed by atoms with Crippen molar-refractivity contribution in [2.75, 3.05) is 0 Å². The van der Waals surface area contributed by atoms with Gasteiger partial charge in [0, 0.05) is 56.0 Å². The fraction of sp³-hybridized carbons (Fsp3) is 0.211. The average molecular weight is 830 g/mol. The lowest BCUT2D eigenvalue weighted by atomic mass is 10.1. The van der Waals surface area contributed by atoms with Crippen LogP contribution >= 0.6 is 46.4 Å². The Morgan fingerprint density at radius 2 is 0.907 bits per heavy atom. The lowest BCUT2D eigenvalue weighted by Crippen LogP contribution is -2.13. The summed E-state index contributed by atoms with van der Waals surface area (Å²) in [5.74, 6) is 0. The molecule has 54 heavy (non-hydrogen) atoms. The first-order valence-electron chi connectivity index (χ1n) is 16.0. The Hall–Kier alpha value is -4.04. The number of aromatic nitrogens is 4. The molecule has 0 radical (unpaired) electrons. The number of benzene rings is 4. The van der Waals surface area contributed by atoms with Gasteiger partial charge in [-0.15, -0.1) is 0 Å². The summed E-state index contributed by atoms with van der Waals surface area (Å²) in [6.07, 6.45) is 0.609. The van der Waals surface area contributed by atoms with Crippen LogP contribution in [0.15, 0.2) is 122 Å². The van der Waals surface area contributed by atoms with Crippen LogP contribution in [0, 0.1) is 0 Å². The highest BCUT2D eigenvalue weighted by molar-refractivity contribution is 6.35. The maximum absolute atomic E-state index is 12.7. The van der Waals surface area contributed by atoms with E-state index in [0.29, 0.717) is 44.3 Å². The van der Waals surface area contributed by atoms with E-state index in [1.807, 2.05) is 9.13 Å². The molecule has 6 nitrogen and oxygen atoms in total. The van der Waals surface area contributed by atoms with E-state index in [0.717, 1.165) is 35.4 Å². The number of imidazole rings is 2. The van der Waals surface area contributed by atoms with Crippen molar-refractivity contribution in [3.05, 3.63) is 176 Å². The molecule has 0 amide bonds. The highest BCUT2D eigenvalue weighted by atomic mass is 35.5. The molecule has 0 bridgehead atoms. The second kappa shape index (κ2) is 18.5. The van der Waals surface area contributed by atoms with Crippen molar-refractivity contribution in [3.8, 4) is 0 Å². The summed E-state index contributed by atoms with van der Waals surface area (Å²) in [5.41, 5.74) is 1.35. The van der Waals surface area contributed by atoms with Gasteiger partial charge >= 0.3 is 12.4 Å². The van der Waals surface area contributed by atoms with Crippen molar-refractivity contribution in [3.63, 3.8) is 0 Å². The fourth-order valence-corrected chi connectivity index (χ4v) is 6.21. The molecule has 0 aliphatic heterocycles. The summed E-state index contributed by atoms with van der Waals surface area (Å²) in [6, 6.07) is 20.0. The molecule has 6 rings (SSSR count). The SMILES string of the molecule is FC(F)(F)c1ccc(COC(Cn2ccnc2)c2ccc(Cl)cc2Cl)cc1.FC(F)(F)c1ccc(COC(Cn2ccnc2)c2ccc(Cl)cc2Cl)cc1. The van der Waals surface area contributed by atoms with Gasteiger partial charge in [0.25, 0.3) is 0 Å². The Morgan fingerprint density at radius 1 is 0.537 bits per heavy atom. The summed E-state index contributed by atoms with van der Waals surface area (Å²) >= 11 is 24.5. The minimum absolute atomic E-state index is 0.135. The van der Waals surface area contributed by atoms with E-state index < -0.39 is 35.7 Å². The largest absolute Gasteiger partial charge is 0.416 e. The van der Waals surface area contributed by atoms with E-state index in [2.05, 4.69) is 9.97 Å². The predicted molar refractivity (Wildman–Crippen MR) is 195 cm³/mol. The lowest BCUT2D eigenvalue weighted by molar-refractivity contribution is -0.138. The zero-order valence-electron chi connectivity index (χ0n) is 27.9. The van der Waals surface area contributed by atoms with Crippen LogP contribution in [-0.2, 0) is 48.1 Å². The van der Waals surface area contributed by atoms with E-state index in [4.69, 9.17) is 55.9 Å². The molecule has 0 aliphatic rings. The average Bonchev–Trinajstić information content (AvgIpc) is 3.84. The number of halogens is 10. The third-order valence-electron chi connectivity index (χ3n) is 7.96. The van der Waals surface area contributed by atoms with Gasteiger partial charge in [-0.3, -0.25) is 0 Å². The van der Waals surface area contributed by atoms with Gasteiger partial charge in [-0.25, -0.2) is 9.97 Å². The first kappa shape index (κ1) is 41.1. The maximum Gasteiger partial charge on any atom is 0.416 e. The summed E-state index contributed by atoms with van der Waals surface area (Å²) in [4.78, 5) is 8.01. The molecule has 0 saturated carbocycles. The summed E-state index contributed by atoms with van der Waals surface area (Å²) in [7, 11) is 0. The number of rotatable bonds is 12. The van der Waals surface area contributed by atoms with E-state index in [9.17, 15) is 26.3 Å². The van der Waals surface area contributed by atoms with E-state index in [1.54, 1.807) is 73.8 Å². The van der Waals surface area contributed by atoms with E-state index >= 15 is 0 Å². The van der Waals surface area contributed by atoms with E-state index in [1.165, 1.54) is 24.3 Å². The Kier molecular flexibility index (Phi) is 14.1. The number of nitrogens with zero attached hydrogens (tertiary/aromatic N) is 4. The van der Waals surface area contributed by atoms with Crippen LogP contribution in [0.1, 0.15) is 45.6 Å². The van der Waals surface area contributed by atoms with Crippen molar-refractivity contribution in [2.45, 2.75) is 50.9 Å². The van der Waals surface area contributed by atoms with Crippen molar-refractivity contribution in [2.24, 2.45) is 0 Å². The van der Waals surface area contributed by atoms with Crippen LogP contribution in [0.25, 0.3) is 0 Å². The molecule has 0 fully saturated rings. The third-order valence-corrected chi connectivity index (χ3v) is 9.08. The van der Waals surface area contributed by atoms with Gasteiger partial charge in [-0.2, -0.15) is 26.3 Å². The van der Waals surface area contributed by atoms with Gasteiger partial charge in [0.15, 0.2) is 0 Å². The number of alkyl halides is 6. The van der Waals surface area contributed by atoms with Crippen LogP contribution in [0.3, 0.4) is 0 Å². The molecule has 16 heteroatoms. The second-order valence-corrected chi connectivity index (χ2v) is 13.5. The summed E-state index contributed by atoms with van der Waals surface area (Å²) in [5, 5.41) is 1.93. The van der Waals surface area contributed by atoms with Gasteiger partial charge in [0.2, 0.25) is 0 Å². The van der Waals surface area contributed by atoms with E-state index in [-0.39, 0.29) is 13.2 Å². The standard InChI is InChI=1S/2C19H15Cl2F3N2O/c2*20-15-5-6-16(17(21)9-15)18(10-26-8-7-25-12-26)27-11-13-1-3-14(4-2-13)19(22,23)24/h2*1-9,12,18H,10-11H2. The molecule has 0 saturated heterocycles. The van der Waals surface area contributed by atoms with Crippen molar-refractivity contribution in [1.82, 2.24) is 19.1 Å². The van der Waals surface area contributed by atoms with Crippen molar-refractivity contribution < 1.29 is 35.8 Å². The molecule has 2 heterocycles. The molecule has 2 aromatic heterocycles. The first-order chi connectivity index (χ1) is 25.7. The zero-order chi connectivity index (χ0) is 38.9. The molecular formula is C38H30Cl4F6N4O2. The lowest BCUT2D eigenvalue weighted by Gasteiger charge is -2.20. The summed E-state index contributed by atoms with van der Waals surface area (Å²) in [6.45, 7) is 1.16. The monoisotopic (exact) mass is 828 g/mol. The fourth-order valence-electron chi connectivity index (χ4n) is 5.15. The van der Waals surface area contributed by atoms with Crippen LogP contribution in [-0.4, -0.2) is 19.1 Å². The minimum Gasteiger partial charge on any atom is -0.367 e. The van der Waals surface area contributed by atoms with Gasteiger partial charge in [0.05, 0.1) is 50.1 Å². The predicted octanol–water partition coefficient (Wildman–Crippen LogP) is 12.3. The van der Waals surface area contributed by atoms with Crippen LogP contribution in [0.2, 0.25) is 20.1 Å². The van der Waals surface area contributed by atoms with Crippen molar-refractivity contribution >= 4 is 46.4 Å². The van der Waals surface area contributed by atoms with Gasteiger partial charge in [-0.05, 0) is 59.7 Å². The smallest absolute Gasteiger partial charge is 0.367 e. The topological polar surface area (TPSA) is 54.1 Å². The number of hydrogen-bond donors (Lipinski definition) is 0. The Bertz CT molecular complexity index is 1910. The molecule has 0 N–H and O–H groups in total. The molecule has 284 valence electrons. The zero-order valence-corrected chi connectivity index (χ0v) is 30.9. The molecule has 6 aromatic rings. The quantitative estimate of drug-likeness (QED) is 0.115. The van der Waals surface area contributed by atoms with Gasteiger partial charge in [-0.1, -0.05) is 82.8 Å². The van der Waals surface area contributed by atoms with Gasteiger partial charge in [0.1, 0.15) is 12.2 Å². The molecule has 4 aromatic carbocycles. The van der Waals surface area contributed by atoms with Crippen LogP contribution in [0.5, 0.6) is 0 Å². The molecular weight excluding hydrogens is 800 g/mol. The highest BCUT2D eigenvalue weighted by Crippen LogP contribution is 2.34. The second-order valence-electron chi connectivity index (χ2n) is 11.8. The molecule has 2 atom stereocenters. The Morgan fingerprint density at radius 3 is 1.20 bits per heavy atom. The Labute approximate surface area is 326 Å². The van der Waals surface area contributed by atoms with Gasteiger partial charge < -0.3 is 18.6 Å². The normalized spacial score (nSPS) is 12.9. The maximum atomic E-state index is 12.7. The molecule has 0 spiro atoms. The summed E-state index contributed by atoms with van der Waals surface area (Å²) < 4.78 is 91.7.